The zero-order chi connectivity index (χ0) is 10.0. The Morgan fingerprint density at radius 1 is 1.14 bits per heavy atom. The van der Waals surface area contributed by atoms with E-state index in [1.165, 1.54) is 57.8 Å². The zero-order valence-corrected chi connectivity index (χ0v) is 9.60. The summed E-state index contributed by atoms with van der Waals surface area (Å²) in [6, 6.07) is 0. The second-order valence-electron chi connectivity index (χ2n) is 5.92. The normalized spacial score (nSPS) is 40.3. The van der Waals surface area contributed by atoms with Gasteiger partial charge < -0.3 is 5.73 Å². The van der Waals surface area contributed by atoms with Gasteiger partial charge in [-0.05, 0) is 31.1 Å². The molecule has 2 rings (SSSR count). The average Bonchev–Trinajstić information content (AvgIpc) is 2.55. The van der Waals surface area contributed by atoms with E-state index in [0.29, 0.717) is 0 Å². The maximum atomic E-state index is 6.53. The van der Waals surface area contributed by atoms with Crippen molar-refractivity contribution in [2.24, 2.45) is 17.6 Å². The maximum Gasteiger partial charge on any atom is 0.0159 e. The van der Waals surface area contributed by atoms with E-state index in [2.05, 4.69) is 6.92 Å². The predicted octanol–water partition coefficient (Wildman–Crippen LogP) is 3.47. The van der Waals surface area contributed by atoms with Crippen molar-refractivity contribution in [1.29, 1.82) is 0 Å². The smallest absolute Gasteiger partial charge is 0.0159 e. The van der Waals surface area contributed by atoms with Crippen LogP contribution in [0.5, 0.6) is 0 Å². The Balaban J connectivity index is 1.87. The quantitative estimate of drug-likeness (QED) is 0.717. The summed E-state index contributed by atoms with van der Waals surface area (Å²) in [6.07, 6.45) is 12.5. The van der Waals surface area contributed by atoms with Crippen LogP contribution in [-0.4, -0.2) is 5.54 Å². The molecular weight excluding hydrogens is 170 g/mol. The fourth-order valence-corrected chi connectivity index (χ4v) is 3.68. The SMILES string of the molecule is CC1CCCC(N)(CC2CCCC2)C1. The lowest BCUT2D eigenvalue weighted by atomic mass is 9.72. The van der Waals surface area contributed by atoms with Gasteiger partial charge in [0.05, 0.1) is 0 Å². The first-order valence-electron chi connectivity index (χ1n) is 6.47. The molecule has 0 radical (unpaired) electrons. The van der Waals surface area contributed by atoms with Crippen molar-refractivity contribution in [2.45, 2.75) is 70.3 Å². The summed E-state index contributed by atoms with van der Waals surface area (Å²) in [7, 11) is 0. The molecule has 2 N–H and O–H groups in total. The summed E-state index contributed by atoms with van der Waals surface area (Å²) in [5, 5.41) is 0. The van der Waals surface area contributed by atoms with Crippen molar-refractivity contribution in [3.8, 4) is 0 Å². The van der Waals surface area contributed by atoms with Gasteiger partial charge in [0.1, 0.15) is 0 Å². The summed E-state index contributed by atoms with van der Waals surface area (Å²) in [5.41, 5.74) is 6.74. The van der Waals surface area contributed by atoms with Crippen LogP contribution in [-0.2, 0) is 0 Å². The van der Waals surface area contributed by atoms with Crippen LogP contribution in [0.4, 0.5) is 0 Å². The van der Waals surface area contributed by atoms with Gasteiger partial charge in [0.15, 0.2) is 0 Å². The second kappa shape index (κ2) is 4.22. The highest BCUT2D eigenvalue weighted by molar-refractivity contribution is 4.92. The van der Waals surface area contributed by atoms with E-state index in [0.717, 1.165) is 11.8 Å². The predicted molar refractivity (Wildman–Crippen MR) is 61.1 cm³/mol. The van der Waals surface area contributed by atoms with Crippen LogP contribution < -0.4 is 5.73 Å². The lowest BCUT2D eigenvalue weighted by Gasteiger charge is -2.38. The van der Waals surface area contributed by atoms with Gasteiger partial charge in [-0.3, -0.25) is 0 Å². The van der Waals surface area contributed by atoms with Crippen LogP contribution in [0, 0.1) is 11.8 Å². The molecular formula is C13H25N. The van der Waals surface area contributed by atoms with Crippen LogP contribution in [0.2, 0.25) is 0 Å². The first-order valence-corrected chi connectivity index (χ1v) is 6.47. The molecule has 82 valence electrons. The average molecular weight is 195 g/mol. The van der Waals surface area contributed by atoms with Crippen LogP contribution in [0.15, 0.2) is 0 Å². The summed E-state index contributed by atoms with van der Waals surface area (Å²) >= 11 is 0. The molecule has 0 aromatic heterocycles. The Morgan fingerprint density at radius 3 is 2.50 bits per heavy atom. The molecule has 14 heavy (non-hydrogen) atoms. The summed E-state index contributed by atoms with van der Waals surface area (Å²) in [6.45, 7) is 2.37. The molecule has 1 nitrogen and oxygen atoms in total. The molecule has 0 aliphatic heterocycles. The Hall–Kier alpha value is -0.0400. The topological polar surface area (TPSA) is 26.0 Å². The fraction of sp³-hybridized carbons (Fsp3) is 1.00. The van der Waals surface area contributed by atoms with Crippen molar-refractivity contribution in [3.63, 3.8) is 0 Å². The highest BCUT2D eigenvalue weighted by atomic mass is 14.7. The van der Waals surface area contributed by atoms with E-state index < -0.39 is 0 Å². The van der Waals surface area contributed by atoms with Gasteiger partial charge in [-0.15, -0.1) is 0 Å². The fourth-order valence-electron chi connectivity index (χ4n) is 3.68. The minimum absolute atomic E-state index is 0.215. The Labute approximate surface area is 88.4 Å². The molecule has 2 unspecified atom stereocenters. The van der Waals surface area contributed by atoms with Crippen molar-refractivity contribution < 1.29 is 0 Å². The minimum Gasteiger partial charge on any atom is -0.325 e. The van der Waals surface area contributed by atoms with Gasteiger partial charge in [-0.1, -0.05) is 45.4 Å². The van der Waals surface area contributed by atoms with Crippen LogP contribution in [0.3, 0.4) is 0 Å². The molecule has 0 aromatic carbocycles. The van der Waals surface area contributed by atoms with E-state index in [4.69, 9.17) is 5.73 Å². The lowest BCUT2D eigenvalue weighted by molar-refractivity contribution is 0.196. The van der Waals surface area contributed by atoms with Gasteiger partial charge in [0.2, 0.25) is 0 Å². The lowest BCUT2D eigenvalue weighted by Crippen LogP contribution is -2.45. The second-order valence-corrected chi connectivity index (χ2v) is 5.92. The number of rotatable bonds is 2. The molecule has 2 fully saturated rings. The molecule has 0 spiro atoms. The maximum absolute atomic E-state index is 6.53. The van der Waals surface area contributed by atoms with Crippen LogP contribution in [0.25, 0.3) is 0 Å². The van der Waals surface area contributed by atoms with E-state index in [1.807, 2.05) is 0 Å². The summed E-state index contributed by atoms with van der Waals surface area (Å²) in [5.74, 6) is 1.83. The third-order valence-corrected chi connectivity index (χ3v) is 4.30. The minimum atomic E-state index is 0.215. The molecule has 0 saturated heterocycles. The van der Waals surface area contributed by atoms with Gasteiger partial charge >= 0.3 is 0 Å². The largest absolute Gasteiger partial charge is 0.325 e. The van der Waals surface area contributed by atoms with E-state index >= 15 is 0 Å². The molecule has 1 heteroatoms. The zero-order valence-electron chi connectivity index (χ0n) is 9.60. The van der Waals surface area contributed by atoms with Crippen LogP contribution >= 0.6 is 0 Å². The number of hydrogen-bond acceptors (Lipinski definition) is 1. The third kappa shape index (κ3) is 2.50. The molecule has 0 aromatic rings. The van der Waals surface area contributed by atoms with Gasteiger partial charge in [0, 0.05) is 5.54 Å². The summed E-state index contributed by atoms with van der Waals surface area (Å²) < 4.78 is 0. The Kier molecular flexibility index (Phi) is 3.16. The first kappa shape index (κ1) is 10.5. The van der Waals surface area contributed by atoms with Gasteiger partial charge in [-0.25, -0.2) is 0 Å². The third-order valence-electron chi connectivity index (χ3n) is 4.30. The number of hydrogen-bond donors (Lipinski definition) is 1. The molecule has 2 atom stereocenters. The highest BCUT2D eigenvalue weighted by Gasteiger charge is 2.33. The Bertz CT molecular complexity index is 184. The van der Waals surface area contributed by atoms with Crippen molar-refractivity contribution in [2.75, 3.05) is 0 Å². The molecule has 0 bridgehead atoms. The van der Waals surface area contributed by atoms with E-state index in [-0.39, 0.29) is 5.54 Å². The molecule has 2 saturated carbocycles. The standard InChI is InChI=1S/C13H25N/c1-11-5-4-8-13(14,9-11)10-12-6-2-3-7-12/h11-12H,2-10,14H2,1H3. The first-order chi connectivity index (χ1) is 6.68. The molecule has 0 heterocycles. The van der Waals surface area contributed by atoms with Gasteiger partial charge in [0.25, 0.3) is 0 Å². The molecule has 2 aliphatic rings. The van der Waals surface area contributed by atoms with Gasteiger partial charge in [-0.2, -0.15) is 0 Å². The van der Waals surface area contributed by atoms with E-state index in [1.54, 1.807) is 0 Å². The van der Waals surface area contributed by atoms with Crippen molar-refractivity contribution in [1.82, 2.24) is 0 Å². The number of nitrogens with two attached hydrogens (primary N) is 1. The highest BCUT2D eigenvalue weighted by Crippen LogP contribution is 2.39. The van der Waals surface area contributed by atoms with Crippen molar-refractivity contribution >= 4 is 0 Å². The molecule has 0 amide bonds. The molecule has 2 aliphatic carbocycles. The van der Waals surface area contributed by atoms with Crippen molar-refractivity contribution in [3.05, 3.63) is 0 Å². The monoisotopic (exact) mass is 195 g/mol. The van der Waals surface area contributed by atoms with E-state index in [9.17, 15) is 0 Å². The summed E-state index contributed by atoms with van der Waals surface area (Å²) in [4.78, 5) is 0. The van der Waals surface area contributed by atoms with Crippen LogP contribution in [0.1, 0.15) is 64.7 Å². The Morgan fingerprint density at radius 2 is 1.86 bits per heavy atom.